The van der Waals surface area contributed by atoms with Crippen molar-refractivity contribution in [3.8, 4) is 5.69 Å². The van der Waals surface area contributed by atoms with E-state index >= 15 is 0 Å². The average molecular weight is 383 g/mol. The monoisotopic (exact) mass is 383 g/mol. The first-order valence-electron chi connectivity index (χ1n) is 8.53. The number of anilines is 1. The number of halogens is 1. The molecule has 0 radical (unpaired) electrons. The van der Waals surface area contributed by atoms with E-state index in [-0.39, 0.29) is 5.91 Å². The molecule has 0 saturated carbocycles. The Morgan fingerprint density at radius 1 is 1.15 bits per heavy atom. The van der Waals surface area contributed by atoms with E-state index < -0.39 is 16.6 Å². The molecule has 2 heterocycles. The van der Waals surface area contributed by atoms with Gasteiger partial charge in [0.25, 0.3) is 5.91 Å². The Labute approximate surface area is 158 Å². The molecule has 0 saturated heterocycles. The summed E-state index contributed by atoms with van der Waals surface area (Å²) in [6, 6.07) is 11.3. The number of hydrogen-bond donors (Lipinski definition) is 1. The minimum atomic E-state index is -1.01. The molecule has 3 aromatic rings. The van der Waals surface area contributed by atoms with Crippen LogP contribution in [-0.4, -0.2) is 19.9 Å². The van der Waals surface area contributed by atoms with Gasteiger partial charge in [-0.15, -0.1) is 0 Å². The van der Waals surface area contributed by atoms with Crippen LogP contribution >= 0.6 is 0 Å². The maximum atomic E-state index is 13.1. The highest BCUT2D eigenvalue weighted by Crippen LogP contribution is 2.32. The molecule has 0 unspecified atom stereocenters. The molecular weight excluding hydrogens is 365 g/mol. The van der Waals surface area contributed by atoms with Crippen LogP contribution in [0.25, 0.3) is 5.69 Å². The highest BCUT2D eigenvalue weighted by Gasteiger charge is 2.29. The third kappa shape index (κ3) is 3.19. The van der Waals surface area contributed by atoms with Crippen molar-refractivity contribution >= 4 is 22.5 Å². The number of carbonyl (C=O) groups is 1. The van der Waals surface area contributed by atoms with Crippen LogP contribution in [-0.2, 0) is 22.3 Å². The van der Waals surface area contributed by atoms with Gasteiger partial charge in [-0.3, -0.25) is 9.00 Å². The first-order chi connectivity index (χ1) is 12.9. The van der Waals surface area contributed by atoms with Crippen LogP contribution in [0.2, 0.25) is 0 Å². The van der Waals surface area contributed by atoms with E-state index in [1.165, 1.54) is 24.3 Å². The van der Waals surface area contributed by atoms with Gasteiger partial charge in [0.05, 0.1) is 22.9 Å². The largest absolute Gasteiger partial charge is 0.306 e. The van der Waals surface area contributed by atoms with E-state index in [4.69, 9.17) is 0 Å². The molecule has 1 amide bonds. The van der Waals surface area contributed by atoms with E-state index in [1.807, 2.05) is 32.0 Å². The topological polar surface area (TPSA) is 64.0 Å². The van der Waals surface area contributed by atoms with Gasteiger partial charge in [-0.2, -0.15) is 5.10 Å². The third-order valence-electron chi connectivity index (χ3n) is 4.81. The van der Waals surface area contributed by atoms with Crippen molar-refractivity contribution in [2.75, 3.05) is 5.32 Å². The van der Waals surface area contributed by atoms with Gasteiger partial charge in [0.2, 0.25) is 0 Å². The molecule has 2 aromatic carbocycles. The van der Waals surface area contributed by atoms with Crippen molar-refractivity contribution in [2.24, 2.45) is 0 Å². The van der Waals surface area contributed by atoms with E-state index in [0.29, 0.717) is 22.9 Å². The fourth-order valence-corrected chi connectivity index (χ4v) is 4.44. The summed E-state index contributed by atoms with van der Waals surface area (Å²) in [5.74, 6) is 0.510. The summed E-state index contributed by atoms with van der Waals surface area (Å²) in [5.41, 5.74) is 4.91. The summed E-state index contributed by atoms with van der Waals surface area (Å²) in [6.07, 6.45) is 0. The smallest absolute Gasteiger partial charge is 0.256 e. The lowest BCUT2D eigenvalue weighted by Gasteiger charge is -2.14. The molecule has 1 atom stereocenters. The highest BCUT2D eigenvalue weighted by molar-refractivity contribution is 7.83. The number of aromatic nitrogens is 2. The average Bonchev–Trinajstić information content (AvgIpc) is 3.15. The van der Waals surface area contributed by atoms with E-state index in [1.54, 1.807) is 4.68 Å². The first-order valence-corrected chi connectivity index (χ1v) is 10.0. The van der Waals surface area contributed by atoms with Gasteiger partial charge in [0.1, 0.15) is 11.6 Å². The molecule has 7 heteroatoms. The number of benzene rings is 2. The Bertz CT molecular complexity index is 1070. The van der Waals surface area contributed by atoms with Crippen LogP contribution in [0.15, 0.2) is 42.5 Å². The summed E-state index contributed by atoms with van der Waals surface area (Å²) in [4.78, 5) is 12.7. The fourth-order valence-electron chi connectivity index (χ4n) is 3.18. The summed E-state index contributed by atoms with van der Waals surface area (Å²) in [5, 5.41) is 7.52. The number of carbonyl (C=O) groups excluding carboxylic acids is 1. The second-order valence-corrected chi connectivity index (χ2v) is 8.05. The zero-order chi connectivity index (χ0) is 19.1. The van der Waals surface area contributed by atoms with Crippen molar-refractivity contribution < 1.29 is 13.4 Å². The van der Waals surface area contributed by atoms with Crippen molar-refractivity contribution in [3.05, 3.63) is 76.2 Å². The zero-order valence-corrected chi connectivity index (χ0v) is 15.8. The van der Waals surface area contributed by atoms with E-state index in [9.17, 15) is 13.4 Å². The summed E-state index contributed by atoms with van der Waals surface area (Å²) in [6.45, 7) is 4.02. The second kappa shape index (κ2) is 6.74. The molecule has 1 aromatic heterocycles. The van der Waals surface area contributed by atoms with Gasteiger partial charge in [0, 0.05) is 21.9 Å². The molecule has 0 aliphatic carbocycles. The van der Waals surface area contributed by atoms with Crippen molar-refractivity contribution in [2.45, 2.75) is 25.4 Å². The minimum absolute atomic E-state index is 0.345. The Morgan fingerprint density at radius 3 is 2.63 bits per heavy atom. The van der Waals surface area contributed by atoms with Crippen LogP contribution in [0.3, 0.4) is 0 Å². The Morgan fingerprint density at radius 2 is 1.89 bits per heavy atom. The molecule has 138 valence electrons. The normalized spacial score (nSPS) is 15.6. The Balaban J connectivity index is 1.79. The van der Waals surface area contributed by atoms with Crippen LogP contribution < -0.4 is 5.32 Å². The molecule has 1 aliphatic rings. The quantitative estimate of drug-likeness (QED) is 0.751. The fraction of sp³-hybridized carbons (Fsp3) is 0.200. The van der Waals surface area contributed by atoms with E-state index in [2.05, 4.69) is 10.4 Å². The lowest BCUT2D eigenvalue weighted by atomic mass is 10.1. The van der Waals surface area contributed by atoms with Crippen LogP contribution in [0, 0.1) is 19.7 Å². The summed E-state index contributed by atoms with van der Waals surface area (Å²) < 4.78 is 26.8. The molecular formula is C20H18FN3O2S. The van der Waals surface area contributed by atoms with Gasteiger partial charge in [-0.05, 0) is 55.3 Å². The number of rotatable bonds is 3. The minimum Gasteiger partial charge on any atom is -0.306 e. The number of nitrogens with zero attached hydrogens (tertiary/aromatic N) is 2. The van der Waals surface area contributed by atoms with Gasteiger partial charge in [0.15, 0.2) is 0 Å². The number of hydrogen-bond acceptors (Lipinski definition) is 3. The summed E-state index contributed by atoms with van der Waals surface area (Å²) in [7, 11) is -1.01. The number of fused-ring (bicyclic) bond motifs is 1. The number of nitrogens with one attached hydrogen (secondary N) is 1. The molecule has 1 N–H and O–H groups in total. The molecule has 0 spiro atoms. The Hall–Kier alpha value is -2.80. The summed E-state index contributed by atoms with van der Waals surface area (Å²) >= 11 is 0. The van der Waals surface area contributed by atoms with Crippen molar-refractivity contribution in [1.82, 2.24) is 9.78 Å². The molecule has 0 bridgehead atoms. The van der Waals surface area contributed by atoms with Gasteiger partial charge in [-0.25, -0.2) is 9.07 Å². The maximum absolute atomic E-state index is 13.1. The van der Waals surface area contributed by atoms with E-state index in [0.717, 1.165) is 28.1 Å². The Kier molecular flexibility index (Phi) is 4.39. The van der Waals surface area contributed by atoms with Gasteiger partial charge in [-0.1, -0.05) is 12.1 Å². The lowest BCUT2D eigenvalue weighted by Crippen LogP contribution is -2.17. The predicted molar refractivity (Wildman–Crippen MR) is 103 cm³/mol. The molecule has 5 nitrogen and oxygen atoms in total. The standard InChI is InChI=1S/C20H18FN3O2S/c1-12-4-3-5-18(13(12)2)24-19(16-10-27(26)11-17(16)23-24)22-20(25)14-6-8-15(21)9-7-14/h3-9H,10-11H2,1-2H3,(H,22,25)/t27-/m0/s1. The zero-order valence-electron chi connectivity index (χ0n) is 15.0. The first kappa shape index (κ1) is 17.6. The highest BCUT2D eigenvalue weighted by atomic mass is 32.2. The van der Waals surface area contributed by atoms with Crippen LogP contribution in [0.1, 0.15) is 32.7 Å². The molecule has 27 heavy (non-hydrogen) atoms. The van der Waals surface area contributed by atoms with Crippen molar-refractivity contribution in [1.29, 1.82) is 0 Å². The second-order valence-electron chi connectivity index (χ2n) is 6.59. The number of amides is 1. The maximum Gasteiger partial charge on any atom is 0.256 e. The third-order valence-corrected chi connectivity index (χ3v) is 6.02. The SMILES string of the molecule is Cc1cccc(-n2nc3c(c2NC(=O)c2ccc(F)cc2)C[S@](=O)C3)c1C. The molecule has 0 fully saturated rings. The number of aryl methyl sites for hydroxylation is 1. The van der Waals surface area contributed by atoms with Gasteiger partial charge >= 0.3 is 0 Å². The predicted octanol–water partition coefficient (Wildman–Crippen LogP) is 3.64. The van der Waals surface area contributed by atoms with Crippen LogP contribution in [0.4, 0.5) is 10.2 Å². The van der Waals surface area contributed by atoms with Gasteiger partial charge < -0.3 is 5.32 Å². The lowest BCUT2D eigenvalue weighted by molar-refractivity contribution is 0.102. The van der Waals surface area contributed by atoms with Crippen LogP contribution in [0.5, 0.6) is 0 Å². The van der Waals surface area contributed by atoms with Crippen molar-refractivity contribution in [3.63, 3.8) is 0 Å². The molecule has 4 rings (SSSR count). The molecule has 1 aliphatic heterocycles.